The molecule has 1 amide bonds. The molecule has 30 heavy (non-hydrogen) atoms. The van der Waals surface area contributed by atoms with E-state index in [-0.39, 0.29) is 28.3 Å². The van der Waals surface area contributed by atoms with Gasteiger partial charge in [0.1, 0.15) is 28.7 Å². The van der Waals surface area contributed by atoms with E-state index in [1.54, 1.807) is 56.5 Å². The Hall–Kier alpha value is -4.38. The van der Waals surface area contributed by atoms with Crippen molar-refractivity contribution in [2.75, 3.05) is 7.11 Å². The average Bonchev–Trinajstić information content (AvgIpc) is 2.74. The van der Waals surface area contributed by atoms with Gasteiger partial charge in [-0.05, 0) is 55.0 Å². The van der Waals surface area contributed by atoms with Gasteiger partial charge >= 0.3 is 0 Å². The van der Waals surface area contributed by atoms with Crippen molar-refractivity contribution in [3.63, 3.8) is 0 Å². The smallest absolute Gasteiger partial charge is 0.276 e. The number of aryl methyl sites for hydroxylation is 1. The van der Waals surface area contributed by atoms with Crippen LogP contribution in [-0.2, 0) is 4.79 Å². The molecule has 0 atom stereocenters. The Morgan fingerprint density at radius 2 is 2.00 bits per heavy atom. The molecule has 2 aromatic carbocycles. The number of allylic oxidation sites excluding steroid dienone is 1. The molecule has 0 spiro atoms. The zero-order valence-corrected chi connectivity index (χ0v) is 16.3. The molecule has 0 saturated carbocycles. The van der Waals surface area contributed by atoms with Gasteiger partial charge in [-0.2, -0.15) is 10.4 Å². The summed E-state index contributed by atoms with van der Waals surface area (Å²) in [5.41, 5.74) is 9.58. The standard InChI is InChI=1S/C22H18N4O4/c1-13-3-8-19-17(9-13)20(27)15(11-23)10-18(21(24)30-19)22(28)26-25-12-14-4-6-16(29-2)7-5-14/h3-10,12H,24H2,1-2H3,(H,26,28)/b15-10-,21-18+,25-12?. The van der Waals surface area contributed by atoms with Crippen molar-refractivity contribution >= 4 is 17.9 Å². The van der Waals surface area contributed by atoms with Gasteiger partial charge < -0.3 is 15.2 Å². The third kappa shape index (κ3) is 4.36. The van der Waals surface area contributed by atoms with E-state index < -0.39 is 11.7 Å². The molecule has 8 nitrogen and oxygen atoms in total. The molecule has 150 valence electrons. The highest BCUT2D eigenvalue weighted by molar-refractivity contribution is 6.14. The predicted molar refractivity (Wildman–Crippen MR) is 110 cm³/mol. The van der Waals surface area contributed by atoms with Gasteiger partial charge in [0.2, 0.25) is 11.7 Å². The number of nitrogens with two attached hydrogens (primary N) is 1. The van der Waals surface area contributed by atoms with E-state index in [1.165, 1.54) is 6.21 Å². The molecule has 0 aliphatic carbocycles. The first-order valence-electron chi connectivity index (χ1n) is 8.85. The fourth-order valence-corrected chi connectivity index (χ4v) is 2.69. The molecule has 8 heteroatoms. The van der Waals surface area contributed by atoms with Crippen LogP contribution in [-0.4, -0.2) is 25.0 Å². The summed E-state index contributed by atoms with van der Waals surface area (Å²) in [5, 5.41) is 13.3. The summed E-state index contributed by atoms with van der Waals surface area (Å²) in [6, 6.07) is 13.7. The molecule has 0 fully saturated rings. The number of nitrogens with one attached hydrogen (secondary N) is 1. The van der Waals surface area contributed by atoms with Crippen LogP contribution in [0.1, 0.15) is 21.5 Å². The van der Waals surface area contributed by atoms with Crippen LogP contribution in [0.25, 0.3) is 0 Å². The van der Waals surface area contributed by atoms with Crippen molar-refractivity contribution in [2.24, 2.45) is 10.8 Å². The Kier molecular flexibility index (Phi) is 5.94. The second kappa shape index (κ2) is 8.75. The van der Waals surface area contributed by atoms with Crippen molar-refractivity contribution in [1.82, 2.24) is 5.43 Å². The van der Waals surface area contributed by atoms with Gasteiger partial charge in [0.25, 0.3) is 5.91 Å². The highest BCUT2D eigenvalue weighted by Crippen LogP contribution is 2.27. The summed E-state index contributed by atoms with van der Waals surface area (Å²) in [4.78, 5) is 25.3. The molecule has 3 rings (SSSR count). The topological polar surface area (TPSA) is 127 Å². The molecule has 1 aliphatic rings. The van der Waals surface area contributed by atoms with E-state index in [1.807, 2.05) is 6.07 Å². The normalized spacial score (nSPS) is 17.6. The Bertz CT molecular complexity index is 1140. The summed E-state index contributed by atoms with van der Waals surface area (Å²) in [6.45, 7) is 1.81. The second-order valence-electron chi connectivity index (χ2n) is 6.35. The average molecular weight is 402 g/mol. The number of benzene rings is 2. The van der Waals surface area contributed by atoms with Crippen molar-refractivity contribution in [3.8, 4) is 17.6 Å². The molecular formula is C22H18N4O4. The zero-order chi connectivity index (χ0) is 21.7. The fourth-order valence-electron chi connectivity index (χ4n) is 2.69. The lowest BCUT2D eigenvalue weighted by molar-refractivity contribution is -0.117. The van der Waals surface area contributed by atoms with Crippen LogP contribution in [0.3, 0.4) is 0 Å². The van der Waals surface area contributed by atoms with Crippen molar-refractivity contribution in [2.45, 2.75) is 6.92 Å². The molecular weight excluding hydrogens is 384 g/mol. The Balaban J connectivity index is 1.87. The molecule has 0 unspecified atom stereocenters. The Morgan fingerprint density at radius 3 is 2.67 bits per heavy atom. The number of nitrogens with zero attached hydrogens (tertiary/aromatic N) is 2. The zero-order valence-electron chi connectivity index (χ0n) is 16.3. The molecule has 2 aromatic rings. The van der Waals surface area contributed by atoms with Gasteiger partial charge in [-0.25, -0.2) is 5.43 Å². The Labute approximate surface area is 172 Å². The molecule has 0 bridgehead atoms. The third-order valence-corrected chi connectivity index (χ3v) is 4.26. The van der Waals surface area contributed by atoms with Crippen LogP contribution in [0.5, 0.6) is 11.5 Å². The first kappa shape index (κ1) is 20.4. The third-order valence-electron chi connectivity index (χ3n) is 4.26. The monoisotopic (exact) mass is 402 g/mol. The van der Waals surface area contributed by atoms with Gasteiger partial charge in [0.05, 0.1) is 18.9 Å². The maximum atomic E-state index is 12.7. The van der Waals surface area contributed by atoms with E-state index in [4.69, 9.17) is 15.2 Å². The van der Waals surface area contributed by atoms with E-state index in [0.29, 0.717) is 5.75 Å². The van der Waals surface area contributed by atoms with Crippen molar-refractivity contribution in [1.29, 1.82) is 5.26 Å². The number of methoxy groups -OCH3 is 1. The highest BCUT2D eigenvalue weighted by Gasteiger charge is 2.25. The lowest BCUT2D eigenvalue weighted by Crippen LogP contribution is -2.26. The van der Waals surface area contributed by atoms with Gasteiger partial charge in [0, 0.05) is 0 Å². The van der Waals surface area contributed by atoms with E-state index in [2.05, 4.69) is 10.5 Å². The number of Topliss-reactive ketones (excluding diaryl/α,β-unsaturated/α-hetero) is 1. The van der Waals surface area contributed by atoms with Gasteiger partial charge in [-0.3, -0.25) is 9.59 Å². The summed E-state index contributed by atoms with van der Waals surface area (Å²) < 4.78 is 10.6. The number of rotatable bonds is 4. The van der Waals surface area contributed by atoms with Crippen molar-refractivity contribution in [3.05, 3.63) is 82.3 Å². The van der Waals surface area contributed by atoms with Gasteiger partial charge in [0.15, 0.2) is 0 Å². The number of amides is 1. The van der Waals surface area contributed by atoms with Crippen LogP contribution in [0.15, 0.2) is 70.7 Å². The molecule has 1 heterocycles. The number of hydrazone groups is 1. The minimum absolute atomic E-state index is 0.163. The number of hydrogen-bond donors (Lipinski definition) is 2. The quantitative estimate of drug-likeness (QED) is 0.597. The van der Waals surface area contributed by atoms with E-state index in [0.717, 1.165) is 17.2 Å². The number of hydrogen-bond acceptors (Lipinski definition) is 7. The van der Waals surface area contributed by atoms with Crippen LogP contribution in [0.2, 0.25) is 0 Å². The largest absolute Gasteiger partial charge is 0.497 e. The number of ketones is 1. The van der Waals surface area contributed by atoms with Gasteiger partial charge in [-0.15, -0.1) is 0 Å². The summed E-state index contributed by atoms with van der Waals surface area (Å²) >= 11 is 0. The number of fused-ring (bicyclic) bond motifs is 1. The molecule has 0 radical (unpaired) electrons. The van der Waals surface area contributed by atoms with Gasteiger partial charge in [-0.1, -0.05) is 11.6 Å². The van der Waals surface area contributed by atoms with Crippen LogP contribution in [0, 0.1) is 18.3 Å². The van der Waals surface area contributed by atoms with Crippen LogP contribution >= 0.6 is 0 Å². The highest BCUT2D eigenvalue weighted by atomic mass is 16.5. The molecule has 0 saturated heterocycles. The predicted octanol–water partition coefficient (Wildman–Crippen LogP) is 2.35. The molecule has 3 N–H and O–H groups in total. The number of carbonyl (C=O) groups excluding carboxylic acids is 2. The summed E-state index contributed by atoms with van der Waals surface area (Å²) in [5.74, 6) is -0.687. The SMILES string of the molecule is COc1ccc(C=NNC(=O)C2=C(\N)Oc3ccc(C)cc3C(=O)/C(C#N)=C\2)cc1. The van der Waals surface area contributed by atoms with Crippen molar-refractivity contribution < 1.29 is 19.1 Å². The second-order valence-corrected chi connectivity index (χ2v) is 6.35. The first-order chi connectivity index (χ1) is 14.4. The minimum Gasteiger partial charge on any atom is -0.497 e. The minimum atomic E-state index is -0.728. The summed E-state index contributed by atoms with van der Waals surface area (Å²) in [6.07, 6.45) is 2.52. The molecule has 0 aromatic heterocycles. The lowest BCUT2D eigenvalue weighted by atomic mass is 9.98. The Morgan fingerprint density at radius 1 is 1.27 bits per heavy atom. The fraction of sp³-hybridized carbons (Fsp3) is 0.0909. The molecule has 1 aliphatic heterocycles. The number of ether oxygens (including phenoxy) is 2. The van der Waals surface area contributed by atoms with Crippen LogP contribution in [0.4, 0.5) is 0 Å². The maximum Gasteiger partial charge on any atom is 0.276 e. The number of nitriles is 1. The lowest BCUT2D eigenvalue weighted by Gasteiger charge is -2.16. The maximum absolute atomic E-state index is 12.7. The summed E-state index contributed by atoms with van der Waals surface area (Å²) in [7, 11) is 1.56. The van der Waals surface area contributed by atoms with E-state index >= 15 is 0 Å². The first-order valence-corrected chi connectivity index (χ1v) is 8.85. The number of carbonyl (C=O) groups is 2. The van der Waals surface area contributed by atoms with Crippen LogP contribution < -0.4 is 20.6 Å². The van der Waals surface area contributed by atoms with E-state index in [9.17, 15) is 14.9 Å².